The smallest absolute Gasteiger partial charge is 0.226 e. The molecule has 1 aromatic rings. The van der Waals surface area contributed by atoms with Crippen molar-refractivity contribution in [3.05, 3.63) is 35.4 Å². The van der Waals surface area contributed by atoms with Crippen molar-refractivity contribution in [2.75, 3.05) is 12.3 Å². The predicted molar refractivity (Wildman–Crippen MR) is 92.8 cm³/mol. The van der Waals surface area contributed by atoms with Crippen molar-refractivity contribution in [1.82, 2.24) is 4.90 Å². The Morgan fingerprint density at radius 2 is 2.09 bits per heavy atom. The number of nitrogens with zero attached hydrogens (tertiary/aromatic N) is 1. The molecule has 5 unspecified atom stereocenters. The molecule has 0 radical (unpaired) electrons. The van der Waals surface area contributed by atoms with Crippen LogP contribution in [-0.2, 0) is 27.4 Å². The maximum atomic E-state index is 13.1. The van der Waals surface area contributed by atoms with E-state index in [9.17, 15) is 9.00 Å². The summed E-state index contributed by atoms with van der Waals surface area (Å²) >= 11 is 0. The number of hydrogen-bond acceptors (Lipinski definition) is 2. The van der Waals surface area contributed by atoms with E-state index in [-0.39, 0.29) is 22.6 Å². The SMILES string of the molecule is CC1C(C)S(=O)CCN1C(=O)C1CC12CCCc1ccccc12. The zero-order valence-electron chi connectivity index (χ0n) is 14.0. The first-order valence-electron chi connectivity index (χ1n) is 8.80. The monoisotopic (exact) mass is 331 g/mol. The molecule has 4 heteroatoms. The quantitative estimate of drug-likeness (QED) is 0.793. The Balaban J connectivity index is 1.58. The molecule has 2 fully saturated rings. The van der Waals surface area contributed by atoms with Crippen LogP contribution in [0.2, 0.25) is 0 Å². The van der Waals surface area contributed by atoms with Gasteiger partial charge in [-0.05, 0) is 50.7 Å². The van der Waals surface area contributed by atoms with Crippen molar-refractivity contribution in [3.63, 3.8) is 0 Å². The van der Waals surface area contributed by atoms with Crippen molar-refractivity contribution >= 4 is 16.7 Å². The minimum absolute atomic E-state index is 0.0843. The highest BCUT2D eigenvalue weighted by molar-refractivity contribution is 7.85. The Labute approximate surface area is 140 Å². The van der Waals surface area contributed by atoms with Crippen molar-refractivity contribution in [1.29, 1.82) is 0 Å². The largest absolute Gasteiger partial charge is 0.338 e. The van der Waals surface area contributed by atoms with Crippen molar-refractivity contribution in [3.8, 4) is 0 Å². The molecular formula is C19H25NO2S. The lowest BCUT2D eigenvalue weighted by atomic mass is 9.78. The van der Waals surface area contributed by atoms with Crippen LogP contribution in [0, 0.1) is 5.92 Å². The molecule has 3 aliphatic rings. The molecule has 5 atom stereocenters. The van der Waals surface area contributed by atoms with Gasteiger partial charge in [-0.3, -0.25) is 9.00 Å². The van der Waals surface area contributed by atoms with Crippen LogP contribution < -0.4 is 0 Å². The highest BCUT2D eigenvalue weighted by Gasteiger charge is 2.61. The number of aryl methyl sites for hydroxylation is 1. The molecule has 1 spiro atoms. The fraction of sp³-hybridized carbons (Fsp3) is 0.632. The average Bonchev–Trinajstić information content (AvgIpc) is 3.27. The van der Waals surface area contributed by atoms with E-state index in [4.69, 9.17) is 0 Å². The highest BCUT2D eigenvalue weighted by atomic mass is 32.2. The second-order valence-corrected chi connectivity index (χ2v) is 9.40. The summed E-state index contributed by atoms with van der Waals surface area (Å²) in [6, 6.07) is 8.78. The summed E-state index contributed by atoms with van der Waals surface area (Å²) in [5.41, 5.74) is 2.96. The van der Waals surface area contributed by atoms with Crippen molar-refractivity contribution in [2.45, 2.75) is 56.2 Å². The number of benzene rings is 1. The molecule has 4 rings (SSSR count). The van der Waals surface area contributed by atoms with Crippen molar-refractivity contribution < 1.29 is 9.00 Å². The summed E-state index contributed by atoms with van der Waals surface area (Å²) in [5, 5.41) is 0.0843. The van der Waals surface area contributed by atoms with E-state index in [0.717, 1.165) is 19.3 Å². The Morgan fingerprint density at radius 1 is 1.30 bits per heavy atom. The second kappa shape index (κ2) is 5.44. The number of amides is 1. The van der Waals surface area contributed by atoms with E-state index in [1.165, 1.54) is 17.5 Å². The van der Waals surface area contributed by atoms with Gasteiger partial charge in [0.1, 0.15) is 0 Å². The van der Waals surface area contributed by atoms with E-state index in [0.29, 0.717) is 18.2 Å². The Hall–Kier alpha value is -1.16. The van der Waals surface area contributed by atoms with Crippen LogP contribution in [0.5, 0.6) is 0 Å². The molecule has 1 aliphatic heterocycles. The summed E-state index contributed by atoms with van der Waals surface area (Å²) in [5.74, 6) is 1.08. The van der Waals surface area contributed by atoms with Gasteiger partial charge in [0.15, 0.2) is 0 Å². The van der Waals surface area contributed by atoms with Gasteiger partial charge in [0.05, 0.1) is 5.25 Å². The number of fused-ring (bicyclic) bond motifs is 2. The van der Waals surface area contributed by atoms with Gasteiger partial charge >= 0.3 is 0 Å². The maximum absolute atomic E-state index is 13.1. The molecule has 0 N–H and O–H groups in total. The standard InChI is InChI=1S/C19H25NO2S/c1-13-14(2)23(22)11-10-20(13)18(21)17-12-19(17)9-5-7-15-6-3-4-8-16(15)19/h3-4,6,8,13-14,17H,5,7,9-12H2,1-2H3. The van der Waals surface area contributed by atoms with Gasteiger partial charge in [0.2, 0.25) is 5.91 Å². The van der Waals surface area contributed by atoms with Gasteiger partial charge in [-0.2, -0.15) is 0 Å². The molecular weight excluding hydrogens is 306 g/mol. The zero-order valence-corrected chi connectivity index (χ0v) is 14.8. The van der Waals surface area contributed by atoms with Gasteiger partial charge in [0, 0.05) is 40.5 Å². The molecule has 124 valence electrons. The zero-order chi connectivity index (χ0) is 16.2. The molecule has 3 nitrogen and oxygen atoms in total. The summed E-state index contributed by atoms with van der Waals surface area (Å²) in [6.45, 7) is 4.73. The molecule has 1 aromatic carbocycles. The Bertz CT molecular complexity index is 673. The van der Waals surface area contributed by atoms with Crippen LogP contribution in [0.1, 0.15) is 44.2 Å². The Morgan fingerprint density at radius 3 is 2.91 bits per heavy atom. The third-order valence-electron chi connectivity index (χ3n) is 6.40. The van der Waals surface area contributed by atoms with Crippen LogP contribution >= 0.6 is 0 Å². The van der Waals surface area contributed by atoms with Gasteiger partial charge in [-0.1, -0.05) is 24.3 Å². The fourth-order valence-electron chi connectivity index (χ4n) is 4.72. The van der Waals surface area contributed by atoms with Crippen LogP contribution in [0.3, 0.4) is 0 Å². The van der Waals surface area contributed by atoms with Gasteiger partial charge < -0.3 is 4.90 Å². The lowest BCUT2D eigenvalue weighted by Gasteiger charge is -2.38. The van der Waals surface area contributed by atoms with Crippen LogP contribution in [0.15, 0.2) is 24.3 Å². The molecule has 1 amide bonds. The first kappa shape index (κ1) is 15.4. The first-order valence-corrected chi connectivity index (χ1v) is 10.2. The molecule has 1 saturated heterocycles. The van der Waals surface area contributed by atoms with Crippen LogP contribution in [0.4, 0.5) is 0 Å². The third kappa shape index (κ3) is 2.29. The summed E-state index contributed by atoms with van der Waals surface area (Å²) in [7, 11) is -0.788. The number of carbonyl (C=O) groups excluding carboxylic acids is 1. The van der Waals surface area contributed by atoms with Crippen LogP contribution in [-0.4, -0.2) is 38.6 Å². The van der Waals surface area contributed by atoms with Gasteiger partial charge in [-0.25, -0.2) is 0 Å². The minimum Gasteiger partial charge on any atom is -0.338 e. The first-order chi connectivity index (χ1) is 11.0. The van der Waals surface area contributed by atoms with E-state index < -0.39 is 10.8 Å². The molecule has 2 aliphatic carbocycles. The number of hydrogen-bond donors (Lipinski definition) is 0. The fourth-order valence-corrected chi connectivity index (χ4v) is 6.05. The van der Waals surface area contributed by atoms with E-state index >= 15 is 0 Å². The van der Waals surface area contributed by atoms with Crippen LogP contribution in [0.25, 0.3) is 0 Å². The molecule has 0 bridgehead atoms. The Kier molecular flexibility index (Phi) is 3.63. The van der Waals surface area contributed by atoms with E-state index in [2.05, 4.69) is 31.2 Å². The van der Waals surface area contributed by atoms with E-state index in [1.54, 1.807) is 0 Å². The molecule has 0 aromatic heterocycles. The predicted octanol–water partition coefficient (Wildman–Crippen LogP) is 2.65. The molecule has 1 saturated carbocycles. The van der Waals surface area contributed by atoms with Gasteiger partial charge in [-0.15, -0.1) is 0 Å². The number of carbonyl (C=O) groups is 1. The third-order valence-corrected chi connectivity index (χ3v) is 8.21. The normalized spacial score (nSPS) is 39.1. The second-order valence-electron chi connectivity index (χ2n) is 7.49. The van der Waals surface area contributed by atoms with Gasteiger partial charge in [0.25, 0.3) is 0 Å². The number of rotatable bonds is 1. The summed E-state index contributed by atoms with van der Waals surface area (Å²) in [6.07, 6.45) is 4.49. The molecule has 23 heavy (non-hydrogen) atoms. The molecule has 1 heterocycles. The summed E-state index contributed by atoms with van der Waals surface area (Å²) in [4.78, 5) is 15.1. The minimum atomic E-state index is -0.788. The highest BCUT2D eigenvalue weighted by Crippen LogP contribution is 2.61. The van der Waals surface area contributed by atoms with Crippen molar-refractivity contribution in [2.24, 2.45) is 5.92 Å². The lowest BCUT2D eigenvalue weighted by molar-refractivity contribution is -0.135. The van der Waals surface area contributed by atoms with E-state index in [1.807, 2.05) is 11.8 Å². The maximum Gasteiger partial charge on any atom is 0.226 e. The topological polar surface area (TPSA) is 37.4 Å². The summed E-state index contributed by atoms with van der Waals surface area (Å²) < 4.78 is 12.0. The average molecular weight is 331 g/mol. The lowest BCUT2D eigenvalue weighted by Crippen LogP contribution is -2.53.